The second-order valence-corrected chi connectivity index (χ2v) is 6.33. The fourth-order valence-electron chi connectivity index (χ4n) is 2.74. The van der Waals surface area contributed by atoms with Gasteiger partial charge < -0.3 is 5.32 Å². The minimum Gasteiger partial charge on any atom is -0.316 e. The molecule has 0 spiro atoms. The van der Waals surface area contributed by atoms with Crippen molar-refractivity contribution in [2.24, 2.45) is 5.41 Å². The van der Waals surface area contributed by atoms with Gasteiger partial charge in [0.15, 0.2) is 0 Å². The first kappa shape index (κ1) is 17.7. The average Bonchev–Trinajstić information content (AvgIpc) is 2.79. The van der Waals surface area contributed by atoms with E-state index in [-0.39, 0.29) is 0 Å². The van der Waals surface area contributed by atoms with Gasteiger partial charge in [-0.3, -0.25) is 4.68 Å². The van der Waals surface area contributed by atoms with Gasteiger partial charge in [-0.05, 0) is 60.5 Å². The molecule has 0 aliphatic carbocycles. The van der Waals surface area contributed by atoms with Crippen molar-refractivity contribution in [3.63, 3.8) is 0 Å². The normalized spacial score (nSPS) is 12.1. The zero-order chi connectivity index (χ0) is 15.2. The molecule has 0 bridgehead atoms. The maximum atomic E-state index is 4.73. The molecule has 0 saturated heterocycles. The largest absolute Gasteiger partial charge is 0.316 e. The molecule has 3 nitrogen and oxygen atoms in total. The molecule has 1 rings (SSSR count). The van der Waals surface area contributed by atoms with E-state index < -0.39 is 0 Å². The van der Waals surface area contributed by atoms with Crippen LogP contribution >= 0.6 is 15.9 Å². The molecule has 0 radical (unpaired) electrons. The number of hydrogen-bond acceptors (Lipinski definition) is 2. The van der Waals surface area contributed by atoms with Gasteiger partial charge >= 0.3 is 0 Å². The number of nitrogens with one attached hydrogen (secondary N) is 1. The molecule has 0 saturated carbocycles. The summed E-state index contributed by atoms with van der Waals surface area (Å²) in [5, 5.41) is 8.27. The van der Waals surface area contributed by atoms with Gasteiger partial charge in [0.25, 0.3) is 0 Å². The Bertz CT molecular complexity index is 408. The molecular weight excluding hydrogens is 314 g/mol. The predicted molar refractivity (Wildman–Crippen MR) is 90.2 cm³/mol. The highest BCUT2D eigenvalue weighted by atomic mass is 79.9. The summed E-state index contributed by atoms with van der Waals surface area (Å²) >= 11 is 3.78. The van der Waals surface area contributed by atoms with E-state index in [2.05, 4.69) is 60.5 Å². The molecule has 0 aromatic carbocycles. The van der Waals surface area contributed by atoms with E-state index in [1.807, 2.05) is 0 Å². The lowest BCUT2D eigenvalue weighted by molar-refractivity contribution is 0.242. The topological polar surface area (TPSA) is 29.9 Å². The Hall–Kier alpha value is -0.350. The summed E-state index contributed by atoms with van der Waals surface area (Å²) in [4.78, 5) is 0. The highest BCUT2D eigenvalue weighted by molar-refractivity contribution is 9.10. The minimum atomic E-state index is 0.330. The van der Waals surface area contributed by atoms with Crippen LogP contribution < -0.4 is 5.32 Å². The van der Waals surface area contributed by atoms with Crippen LogP contribution in [0.15, 0.2) is 4.47 Å². The zero-order valence-corrected chi connectivity index (χ0v) is 15.3. The quantitative estimate of drug-likeness (QED) is 0.728. The predicted octanol–water partition coefficient (Wildman–Crippen LogP) is 4.19. The van der Waals surface area contributed by atoms with Gasteiger partial charge in [-0.15, -0.1) is 0 Å². The molecule has 20 heavy (non-hydrogen) atoms. The van der Waals surface area contributed by atoms with Crippen LogP contribution in [0.3, 0.4) is 0 Å². The molecule has 116 valence electrons. The van der Waals surface area contributed by atoms with E-state index in [9.17, 15) is 0 Å². The molecular formula is C16H30BrN3. The Balaban J connectivity index is 3.06. The molecule has 0 aliphatic rings. The summed E-state index contributed by atoms with van der Waals surface area (Å²) in [7, 11) is 0. The smallest absolute Gasteiger partial charge is 0.0766 e. The lowest BCUT2D eigenvalue weighted by atomic mass is 9.78. The Labute approximate surface area is 132 Å². The Morgan fingerprint density at radius 3 is 2.25 bits per heavy atom. The van der Waals surface area contributed by atoms with E-state index >= 15 is 0 Å². The maximum Gasteiger partial charge on any atom is 0.0766 e. The van der Waals surface area contributed by atoms with Crippen LogP contribution in [0.25, 0.3) is 0 Å². The number of rotatable bonds is 9. The van der Waals surface area contributed by atoms with Crippen molar-refractivity contribution < 1.29 is 0 Å². The number of nitrogens with zero attached hydrogens (tertiary/aromatic N) is 2. The third-order valence-electron chi connectivity index (χ3n) is 4.49. The van der Waals surface area contributed by atoms with Gasteiger partial charge in [-0.1, -0.05) is 27.7 Å². The molecule has 1 aromatic heterocycles. The van der Waals surface area contributed by atoms with Gasteiger partial charge in [-0.25, -0.2) is 0 Å². The molecule has 4 heteroatoms. The van der Waals surface area contributed by atoms with Crippen molar-refractivity contribution in [2.75, 3.05) is 13.1 Å². The molecule has 1 N–H and O–H groups in total. The lowest BCUT2D eigenvalue weighted by Gasteiger charge is -2.32. The third-order valence-corrected chi connectivity index (χ3v) is 5.40. The third kappa shape index (κ3) is 3.85. The molecule has 1 aromatic rings. The molecule has 0 amide bonds. The fourth-order valence-corrected chi connectivity index (χ4v) is 3.45. The van der Waals surface area contributed by atoms with Crippen LogP contribution in [-0.4, -0.2) is 22.9 Å². The van der Waals surface area contributed by atoms with Crippen molar-refractivity contribution in [3.05, 3.63) is 15.9 Å². The van der Waals surface area contributed by atoms with Crippen molar-refractivity contribution in [2.45, 2.75) is 66.8 Å². The average molecular weight is 344 g/mol. The standard InChI is InChI=1S/C16H30BrN3/c1-6-13-15(17)14(20(10-5)19-13)11-16(7-2,8-3)12-18-9-4/h18H,6-12H2,1-5H3. The van der Waals surface area contributed by atoms with Crippen LogP contribution in [-0.2, 0) is 19.4 Å². The summed E-state index contributed by atoms with van der Waals surface area (Å²) in [6.07, 6.45) is 4.46. The summed E-state index contributed by atoms with van der Waals surface area (Å²) in [6, 6.07) is 0. The van der Waals surface area contributed by atoms with Gasteiger partial charge in [0, 0.05) is 13.1 Å². The highest BCUT2D eigenvalue weighted by Gasteiger charge is 2.29. The lowest BCUT2D eigenvalue weighted by Crippen LogP contribution is -2.36. The molecule has 0 fully saturated rings. The molecule has 0 unspecified atom stereocenters. The first-order valence-electron chi connectivity index (χ1n) is 8.02. The van der Waals surface area contributed by atoms with Gasteiger partial charge in [0.1, 0.15) is 0 Å². The molecule has 0 atom stereocenters. The SMILES string of the molecule is CCNCC(CC)(CC)Cc1c(Br)c(CC)nn1CC. The first-order valence-corrected chi connectivity index (χ1v) is 8.81. The Morgan fingerprint density at radius 2 is 1.80 bits per heavy atom. The first-order chi connectivity index (χ1) is 9.57. The second-order valence-electron chi connectivity index (χ2n) is 5.54. The zero-order valence-electron chi connectivity index (χ0n) is 13.7. The van der Waals surface area contributed by atoms with Crippen molar-refractivity contribution in [1.29, 1.82) is 0 Å². The minimum absolute atomic E-state index is 0.330. The summed E-state index contributed by atoms with van der Waals surface area (Å²) in [5.41, 5.74) is 2.88. The van der Waals surface area contributed by atoms with Crippen molar-refractivity contribution >= 4 is 15.9 Å². The van der Waals surface area contributed by atoms with E-state index in [1.54, 1.807) is 0 Å². The number of aryl methyl sites for hydroxylation is 2. The van der Waals surface area contributed by atoms with Crippen LogP contribution in [0, 0.1) is 5.41 Å². The Kier molecular flexibility index (Phi) is 7.24. The van der Waals surface area contributed by atoms with E-state index in [0.717, 1.165) is 32.5 Å². The maximum absolute atomic E-state index is 4.73. The van der Waals surface area contributed by atoms with E-state index in [0.29, 0.717) is 5.41 Å². The number of aromatic nitrogens is 2. The monoisotopic (exact) mass is 343 g/mol. The van der Waals surface area contributed by atoms with Crippen LogP contribution in [0.5, 0.6) is 0 Å². The van der Waals surface area contributed by atoms with E-state index in [1.165, 1.54) is 28.7 Å². The van der Waals surface area contributed by atoms with E-state index in [4.69, 9.17) is 5.10 Å². The summed E-state index contributed by atoms with van der Waals surface area (Å²) in [6.45, 7) is 14.2. The summed E-state index contributed by atoms with van der Waals surface area (Å²) in [5.74, 6) is 0. The fraction of sp³-hybridized carbons (Fsp3) is 0.812. The van der Waals surface area contributed by atoms with Crippen LogP contribution in [0.1, 0.15) is 58.8 Å². The Morgan fingerprint density at radius 1 is 1.15 bits per heavy atom. The van der Waals surface area contributed by atoms with Gasteiger partial charge in [-0.2, -0.15) is 5.10 Å². The number of halogens is 1. The molecule has 1 heterocycles. The van der Waals surface area contributed by atoms with Crippen LogP contribution in [0.2, 0.25) is 0 Å². The molecule has 0 aliphatic heterocycles. The second kappa shape index (κ2) is 8.18. The number of hydrogen-bond donors (Lipinski definition) is 1. The highest BCUT2D eigenvalue weighted by Crippen LogP contribution is 2.34. The van der Waals surface area contributed by atoms with Gasteiger partial charge in [0.05, 0.1) is 15.9 Å². The van der Waals surface area contributed by atoms with Crippen molar-refractivity contribution in [1.82, 2.24) is 15.1 Å². The summed E-state index contributed by atoms with van der Waals surface area (Å²) < 4.78 is 3.40. The van der Waals surface area contributed by atoms with Crippen molar-refractivity contribution in [3.8, 4) is 0 Å². The van der Waals surface area contributed by atoms with Crippen LogP contribution in [0.4, 0.5) is 0 Å². The van der Waals surface area contributed by atoms with Gasteiger partial charge in [0.2, 0.25) is 0 Å².